The van der Waals surface area contributed by atoms with Crippen molar-refractivity contribution in [2.75, 3.05) is 27.2 Å². The molecule has 1 fully saturated rings. The molecular formula is C15H24N4. The summed E-state index contributed by atoms with van der Waals surface area (Å²) in [4.78, 5) is 4.78. The van der Waals surface area contributed by atoms with Gasteiger partial charge in [0.1, 0.15) is 5.84 Å². The van der Waals surface area contributed by atoms with Crippen LogP contribution in [0.5, 0.6) is 0 Å². The van der Waals surface area contributed by atoms with Gasteiger partial charge in [-0.3, -0.25) is 10.3 Å². The Kier molecular flexibility index (Phi) is 4.56. The van der Waals surface area contributed by atoms with Gasteiger partial charge < -0.3 is 10.6 Å². The average molecular weight is 260 g/mol. The van der Waals surface area contributed by atoms with Crippen LogP contribution >= 0.6 is 0 Å². The predicted octanol–water partition coefficient (Wildman–Crippen LogP) is 1.50. The largest absolute Gasteiger partial charge is 0.384 e. The summed E-state index contributed by atoms with van der Waals surface area (Å²) in [5.41, 5.74) is 7.66. The molecular weight excluding hydrogens is 236 g/mol. The second kappa shape index (κ2) is 6.17. The summed E-state index contributed by atoms with van der Waals surface area (Å²) >= 11 is 0. The van der Waals surface area contributed by atoms with Crippen LogP contribution < -0.4 is 5.73 Å². The number of benzene rings is 1. The lowest BCUT2D eigenvalue weighted by Crippen LogP contribution is -2.41. The van der Waals surface area contributed by atoms with E-state index in [4.69, 9.17) is 11.1 Å². The third-order valence-corrected chi connectivity index (χ3v) is 4.04. The zero-order chi connectivity index (χ0) is 13.8. The number of hydrogen-bond acceptors (Lipinski definition) is 3. The highest BCUT2D eigenvalue weighted by Crippen LogP contribution is 2.18. The van der Waals surface area contributed by atoms with E-state index >= 15 is 0 Å². The molecule has 0 spiro atoms. The molecule has 2 rings (SSSR count). The van der Waals surface area contributed by atoms with Crippen molar-refractivity contribution < 1.29 is 0 Å². The van der Waals surface area contributed by atoms with E-state index in [0.717, 1.165) is 17.7 Å². The van der Waals surface area contributed by atoms with Crippen molar-refractivity contribution in [3.8, 4) is 0 Å². The molecule has 1 aliphatic rings. The minimum absolute atomic E-state index is 0.160. The number of piperidine rings is 1. The molecule has 1 aliphatic heterocycles. The fourth-order valence-electron chi connectivity index (χ4n) is 2.75. The Hall–Kier alpha value is -1.39. The van der Waals surface area contributed by atoms with Gasteiger partial charge in [-0.05, 0) is 45.6 Å². The van der Waals surface area contributed by atoms with Gasteiger partial charge in [-0.2, -0.15) is 0 Å². The molecule has 0 unspecified atom stereocenters. The first-order chi connectivity index (χ1) is 9.08. The van der Waals surface area contributed by atoms with E-state index in [2.05, 4.69) is 30.0 Å². The molecule has 4 heteroatoms. The molecule has 19 heavy (non-hydrogen) atoms. The first kappa shape index (κ1) is 14.0. The van der Waals surface area contributed by atoms with Crippen molar-refractivity contribution in [3.05, 3.63) is 35.4 Å². The molecule has 4 nitrogen and oxygen atoms in total. The number of hydrogen-bond donors (Lipinski definition) is 2. The zero-order valence-electron chi connectivity index (χ0n) is 11.9. The lowest BCUT2D eigenvalue weighted by molar-refractivity contribution is 0.139. The minimum atomic E-state index is 0.160. The minimum Gasteiger partial charge on any atom is -0.384 e. The van der Waals surface area contributed by atoms with E-state index in [0.29, 0.717) is 6.04 Å². The number of nitrogens with two attached hydrogens (primary N) is 1. The van der Waals surface area contributed by atoms with Gasteiger partial charge in [0.2, 0.25) is 0 Å². The molecule has 0 atom stereocenters. The molecule has 1 heterocycles. The quantitative estimate of drug-likeness (QED) is 0.637. The zero-order valence-corrected chi connectivity index (χ0v) is 11.9. The van der Waals surface area contributed by atoms with Gasteiger partial charge in [-0.1, -0.05) is 24.3 Å². The third-order valence-electron chi connectivity index (χ3n) is 4.04. The standard InChI is InChI=1S/C15H24N4/c1-18-9-7-13(8-10-18)19(2)11-12-5-3-4-6-14(12)15(16)17/h3-6,13H,7-11H2,1-2H3,(H3,16,17). The second-order valence-corrected chi connectivity index (χ2v) is 5.52. The Morgan fingerprint density at radius 2 is 2.00 bits per heavy atom. The molecule has 0 aliphatic carbocycles. The van der Waals surface area contributed by atoms with E-state index in [1.54, 1.807) is 0 Å². The number of nitrogens with zero attached hydrogens (tertiary/aromatic N) is 2. The highest BCUT2D eigenvalue weighted by molar-refractivity contribution is 5.96. The average Bonchev–Trinajstić information content (AvgIpc) is 2.39. The van der Waals surface area contributed by atoms with E-state index in [1.165, 1.54) is 25.9 Å². The van der Waals surface area contributed by atoms with Crippen molar-refractivity contribution in [1.82, 2.24) is 9.80 Å². The summed E-state index contributed by atoms with van der Waals surface area (Å²) in [5.74, 6) is 0.160. The molecule has 0 amide bonds. The van der Waals surface area contributed by atoms with Gasteiger partial charge in [0.25, 0.3) is 0 Å². The Labute approximate surface area is 115 Å². The van der Waals surface area contributed by atoms with Gasteiger partial charge in [0, 0.05) is 18.2 Å². The summed E-state index contributed by atoms with van der Waals surface area (Å²) in [6.45, 7) is 3.21. The van der Waals surface area contributed by atoms with E-state index in [1.807, 2.05) is 18.2 Å². The highest BCUT2D eigenvalue weighted by atomic mass is 15.2. The Morgan fingerprint density at radius 1 is 1.37 bits per heavy atom. The molecule has 104 valence electrons. The lowest BCUT2D eigenvalue weighted by atomic mass is 10.0. The van der Waals surface area contributed by atoms with Crippen LogP contribution in [0.3, 0.4) is 0 Å². The summed E-state index contributed by atoms with van der Waals surface area (Å²) in [5, 5.41) is 7.64. The Balaban J connectivity index is 2.02. The van der Waals surface area contributed by atoms with Gasteiger partial charge in [0.15, 0.2) is 0 Å². The maximum atomic E-state index is 7.64. The van der Waals surface area contributed by atoms with Crippen LogP contribution in [0.15, 0.2) is 24.3 Å². The maximum absolute atomic E-state index is 7.64. The predicted molar refractivity (Wildman–Crippen MR) is 79.4 cm³/mol. The van der Waals surface area contributed by atoms with Crippen LogP contribution in [0.25, 0.3) is 0 Å². The first-order valence-corrected chi connectivity index (χ1v) is 6.89. The molecule has 1 aromatic rings. The molecule has 1 saturated heterocycles. The van der Waals surface area contributed by atoms with Crippen LogP contribution in [0.4, 0.5) is 0 Å². The van der Waals surface area contributed by atoms with E-state index in [-0.39, 0.29) is 5.84 Å². The maximum Gasteiger partial charge on any atom is 0.123 e. The topological polar surface area (TPSA) is 56.4 Å². The van der Waals surface area contributed by atoms with E-state index < -0.39 is 0 Å². The van der Waals surface area contributed by atoms with Crippen LogP contribution in [0.1, 0.15) is 24.0 Å². The monoisotopic (exact) mass is 260 g/mol. The van der Waals surface area contributed by atoms with Crippen molar-refractivity contribution in [1.29, 1.82) is 5.41 Å². The lowest BCUT2D eigenvalue weighted by Gasteiger charge is -2.35. The van der Waals surface area contributed by atoms with Crippen molar-refractivity contribution >= 4 is 5.84 Å². The summed E-state index contributed by atoms with van der Waals surface area (Å²) in [7, 11) is 4.36. The van der Waals surface area contributed by atoms with Gasteiger partial charge in [0.05, 0.1) is 0 Å². The molecule has 0 radical (unpaired) electrons. The van der Waals surface area contributed by atoms with Crippen molar-refractivity contribution in [2.24, 2.45) is 5.73 Å². The number of nitrogens with one attached hydrogen (secondary N) is 1. The smallest absolute Gasteiger partial charge is 0.123 e. The normalized spacial score (nSPS) is 17.8. The molecule has 1 aromatic carbocycles. The van der Waals surface area contributed by atoms with E-state index in [9.17, 15) is 0 Å². The summed E-state index contributed by atoms with van der Waals surface area (Å²) in [6.07, 6.45) is 2.43. The molecule has 0 saturated carbocycles. The summed E-state index contributed by atoms with van der Waals surface area (Å²) in [6, 6.07) is 8.60. The van der Waals surface area contributed by atoms with Crippen molar-refractivity contribution in [2.45, 2.75) is 25.4 Å². The fourth-order valence-corrected chi connectivity index (χ4v) is 2.75. The van der Waals surface area contributed by atoms with Crippen LogP contribution in [0, 0.1) is 5.41 Å². The molecule has 0 bridgehead atoms. The second-order valence-electron chi connectivity index (χ2n) is 5.52. The summed E-state index contributed by atoms with van der Waals surface area (Å²) < 4.78 is 0. The van der Waals surface area contributed by atoms with Crippen molar-refractivity contribution in [3.63, 3.8) is 0 Å². The van der Waals surface area contributed by atoms with Gasteiger partial charge >= 0.3 is 0 Å². The number of nitrogen functional groups attached to an aromatic ring is 1. The number of likely N-dealkylation sites (tertiary alicyclic amines) is 1. The third kappa shape index (κ3) is 3.55. The van der Waals surface area contributed by atoms with Crippen LogP contribution in [-0.4, -0.2) is 48.9 Å². The fraction of sp³-hybridized carbons (Fsp3) is 0.533. The SMILES string of the molecule is CN1CCC(N(C)Cc2ccccc2C(=N)N)CC1. The van der Waals surface area contributed by atoms with Crippen LogP contribution in [0.2, 0.25) is 0 Å². The Morgan fingerprint density at radius 3 is 2.63 bits per heavy atom. The Bertz CT molecular complexity index is 436. The number of amidine groups is 1. The number of rotatable bonds is 4. The molecule has 0 aromatic heterocycles. The van der Waals surface area contributed by atoms with Gasteiger partial charge in [-0.15, -0.1) is 0 Å². The molecule has 3 N–H and O–H groups in total. The first-order valence-electron chi connectivity index (χ1n) is 6.89. The van der Waals surface area contributed by atoms with Crippen LogP contribution in [-0.2, 0) is 6.54 Å². The van der Waals surface area contributed by atoms with Gasteiger partial charge in [-0.25, -0.2) is 0 Å². The highest BCUT2D eigenvalue weighted by Gasteiger charge is 2.21.